The molecule has 0 aliphatic carbocycles. The molecule has 0 unspecified atom stereocenters. The van der Waals surface area contributed by atoms with E-state index in [0.29, 0.717) is 22.0 Å². The summed E-state index contributed by atoms with van der Waals surface area (Å²) in [4.78, 5) is 23.5. The van der Waals surface area contributed by atoms with Crippen molar-refractivity contribution in [2.45, 2.75) is 12.7 Å². The molecule has 2 rings (SSSR count). The summed E-state index contributed by atoms with van der Waals surface area (Å²) >= 11 is 7.34. The third kappa shape index (κ3) is 4.90. The molecule has 0 aliphatic rings. The summed E-state index contributed by atoms with van der Waals surface area (Å²) in [6.07, 6.45) is 0. The average Bonchev–Trinajstić information content (AvgIpc) is 2.49. The second-order valence-electron chi connectivity index (χ2n) is 4.77. The number of Topliss-reactive ketones (excluding diaryl/α,β-unsaturated/α-hetero) is 1. The number of carbonyl (C=O) groups is 2. The van der Waals surface area contributed by atoms with E-state index >= 15 is 0 Å². The molecule has 0 aliphatic heterocycles. The number of anilines is 1. The molecule has 0 saturated heterocycles. The first-order valence-electron chi connectivity index (χ1n) is 6.78. The Morgan fingerprint density at radius 1 is 1.09 bits per heavy atom. The summed E-state index contributed by atoms with van der Waals surface area (Å²) in [6, 6.07) is 14.6. The molecule has 1 N–H and O–H groups in total. The minimum atomic E-state index is -0.118. The fraction of sp³-hybridized carbons (Fsp3) is 0.176. The molecule has 114 valence electrons. The van der Waals surface area contributed by atoms with Gasteiger partial charge >= 0.3 is 0 Å². The maximum atomic E-state index is 12.0. The van der Waals surface area contributed by atoms with E-state index in [1.54, 1.807) is 24.3 Å². The molecule has 0 fully saturated rings. The zero-order valence-corrected chi connectivity index (χ0v) is 13.7. The minimum absolute atomic E-state index is 0.0651. The summed E-state index contributed by atoms with van der Waals surface area (Å²) in [7, 11) is 0. The van der Waals surface area contributed by atoms with Crippen LogP contribution in [-0.4, -0.2) is 17.4 Å². The van der Waals surface area contributed by atoms with Crippen LogP contribution in [0.15, 0.2) is 48.5 Å². The van der Waals surface area contributed by atoms with Crippen LogP contribution in [0.5, 0.6) is 0 Å². The third-order valence-electron chi connectivity index (χ3n) is 3.00. The van der Waals surface area contributed by atoms with Crippen LogP contribution < -0.4 is 5.32 Å². The van der Waals surface area contributed by atoms with Gasteiger partial charge in [0.1, 0.15) is 0 Å². The Hall–Kier alpha value is -1.78. The molecule has 0 heterocycles. The Kier molecular flexibility index (Phi) is 6.04. The minimum Gasteiger partial charge on any atom is -0.325 e. The number of amides is 1. The Morgan fingerprint density at radius 2 is 1.77 bits per heavy atom. The van der Waals surface area contributed by atoms with Gasteiger partial charge in [-0.25, -0.2) is 0 Å². The smallest absolute Gasteiger partial charge is 0.234 e. The van der Waals surface area contributed by atoms with Gasteiger partial charge in [0.05, 0.1) is 11.4 Å². The Labute approximate surface area is 139 Å². The number of hydrogen-bond acceptors (Lipinski definition) is 3. The van der Waals surface area contributed by atoms with E-state index < -0.39 is 0 Å². The third-order valence-corrected chi connectivity index (χ3v) is 4.25. The molecule has 0 aromatic heterocycles. The van der Waals surface area contributed by atoms with Crippen molar-refractivity contribution in [3.63, 3.8) is 0 Å². The molecule has 1 amide bonds. The van der Waals surface area contributed by atoms with Gasteiger partial charge in [0, 0.05) is 16.3 Å². The largest absolute Gasteiger partial charge is 0.325 e. The fourth-order valence-corrected chi connectivity index (χ4v) is 2.84. The number of para-hydroxylation sites is 1. The van der Waals surface area contributed by atoms with Crippen molar-refractivity contribution in [2.24, 2.45) is 0 Å². The highest BCUT2D eigenvalue weighted by atomic mass is 35.5. The van der Waals surface area contributed by atoms with Crippen molar-refractivity contribution in [3.8, 4) is 0 Å². The van der Waals surface area contributed by atoms with Gasteiger partial charge in [-0.05, 0) is 36.8 Å². The standard InChI is InChI=1S/C17H16ClNO2S/c1-12(20)15-4-2-3-5-16(15)19-17(21)11-22-10-13-6-8-14(18)9-7-13/h2-9H,10-11H2,1H3,(H,19,21). The highest BCUT2D eigenvalue weighted by Crippen LogP contribution is 2.18. The van der Waals surface area contributed by atoms with Crippen molar-refractivity contribution < 1.29 is 9.59 Å². The molecule has 2 aromatic rings. The normalized spacial score (nSPS) is 10.3. The lowest BCUT2D eigenvalue weighted by Gasteiger charge is -2.09. The number of benzene rings is 2. The van der Waals surface area contributed by atoms with E-state index in [0.717, 1.165) is 11.3 Å². The van der Waals surface area contributed by atoms with E-state index in [-0.39, 0.29) is 11.7 Å². The lowest BCUT2D eigenvalue weighted by molar-refractivity contribution is -0.113. The number of nitrogens with one attached hydrogen (secondary N) is 1. The van der Waals surface area contributed by atoms with Crippen LogP contribution >= 0.6 is 23.4 Å². The second kappa shape index (κ2) is 8.01. The molecule has 3 nitrogen and oxygen atoms in total. The highest BCUT2D eigenvalue weighted by Gasteiger charge is 2.09. The Morgan fingerprint density at radius 3 is 2.45 bits per heavy atom. The number of ketones is 1. The van der Waals surface area contributed by atoms with Crippen molar-refractivity contribution in [3.05, 3.63) is 64.7 Å². The van der Waals surface area contributed by atoms with Gasteiger partial charge in [-0.15, -0.1) is 11.8 Å². The molecular weight excluding hydrogens is 318 g/mol. The summed E-state index contributed by atoms with van der Waals surface area (Å²) in [6.45, 7) is 1.49. The van der Waals surface area contributed by atoms with Crippen LogP contribution in [0.4, 0.5) is 5.69 Å². The first-order chi connectivity index (χ1) is 10.6. The first-order valence-corrected chi connectivity index (χ1v) is 8.31. The van der Waals surface area contributed by atoms with E-state index in [1.807, 2.05) is 24.3 Å². The van der Waals surface area contributed by atoms with Crippen LogP contribution in [-0.2, 0) is 10.5 Å². The summed E-state index contributed by atoms with van der Waals surface area (Å²) in [5.41, 5.74) is 2.21. The second-order valence-corrected chi connectivity index (χ2v) is 6.19. The Balaban J connectivity index is 1.86. The molecule has 0 atom stereocenters. The van der Waals surface area contributed by atoms with Crippen LogP contribution in [0, 0.1) is 0 Å². The zero-order valence-electron chi connectivity index (χ0n) is 12.1. The monoisotopic (exact) mass is 333 g/mol. The molecule has 0 saturated carbocycles. The van der Waals surface area contributed by atoms with Crippen molar-refractivity contribution >= 4 is 40.7 Å². The molecule has 2 aromatic carbocycles. The molecule has 0 radical (unpaired) electrons. The van der Waals surface area contributed by atoms with Crippen molar-refractivity contribution in [1.29, 1.82) is 0 Å². The molecule has 0 bridgehead atoms. The molecule has 0 spiro atoms. The zero-order chi connectivity index (χ0) is 15.9. The van der Waals surface area contributed by atoms with Gasteiger partial charge in [-0.1, -0.05) is 35.9 Å². The van der Waals surface area contributed by atoms with Crippen LogP contribution in [0.25, 0.3) is 0 Å². The maximum absolute atomic E-state index is 12.0. The van der Waals surface area contributed by atoms with E-state index in [1.165, 1.54) is 18.7 Å². The SMILES string of the molecule is CC(=O)c1ccccc1NC(=O)CSCc1ccc(Cl)cc1. The highest BCUT2D eigenvalue weighted by molar-refractivity contribution is 7.99. The summed E-state index contributed by atoms with van der Waals surface area (Å²) in [5, 5.41) is 3.49. The van der Waals surface area contributed by atoms with Gasteiger partial charge < -0.3 is 5.32 Å². The number of hydrogen-bond donors (Lipinski definition) is 1. The number of thioether (sulfide) groups is 1. The quantitative estimate of drug-likeness (QED) is 0.796. The van der Waals surface area contributed by atoms with Gasteiger partial charge in [-0.3, -0.25) is 9.59 Å². The Bertz CT molecular complexity index is 671. The topological polar surface area (TPSA) is 46.2 Å². The molecule has 22 heavy (non-hydrogen) atoms. The molecule has 5 heteroatoms. The van der Waals surface area contributed by atoms with Crippen LogP contribution in [0.3, 0.4) is 0 Å². The van der Waals surface area contributed by atoms with Gasteiger partial charge in [-0.2, -0.15) is 0 Å². The number of carbonyl (C=O) groups excluding carboxylic acids is 2. The lowest BCUT2D eigenvalue weighted by atomic mass is 10.1. The lowest BCUT2D eigenvalue weighted by Crippen LogP contribution is -2.16. The maximum Gasteiger partial charge on any atom is 0.234 e. The van der Waals surface area contributed by atoms with Gasteiger partial charge in [0.2, 0.25) is 5.91 Å². The predicted molar refractivity (Wildman–Crippen MR) is 92.7 cm³/mol. The van der Waals surface area contributed by atoms with E-state index in [2.05, 4.69) is 5.32 Å². The molecular formula is C17H16ClNO2S. The summed E-state index contributed by atoms with van der Waals surface area (Å²) < 4.78 is 0. The van der Waals surface area contributed by atoms with Gasteiger partial charge in [0.25, 0.3) is 0 Å². The predicted octanol–water partition coefficient (Wildman–Crippen LogP) is 4.41. The van der Waals surface area contributed by atoms with Crippen molar-refractivity contribution in [1.82, 2.24) is 0 Å². The number of rotatable bonds is 6. The number of halogens is 1. The average molecular weight is 334 g/mol. The van der Waals surface area contributed by atoms with E-state index in [4.69, 9.17) is 11.6 Å². The van der Waals surface area contributed by atoms with Gasteiger partial charge in [0.15, 0.2) is 5.78 Å². The van der Waals surface area contributed by atoms with E-state index in [9.17, 15) is 9.59 Å². The van der Waals surface area contributed by atoms with Crippen LogP contribution in [0.2, 0.25) is 5.02 Å². The fourth-order valence-electron chi connectivity index (χ4n) is 1.93. The first kappa shape index (κ1) is 16.6. The summed E-state index contributed by atoms with van der Waals surface area (Å²) in [5.74, 6) is 0.880. The van der Waals surface area contributed by atoms with Crippen LogP contribution in [0.1, 0.15) is 22.8 Å². The van der Waals surface area contributed by atoms with Crippen molar-refractivity contribution in [2.75, 3.05) is 11.1 Å².